The molecule has 0 bridgehead atoms. The Morgan fingerprint density at radius 3 is 2.24 bits per heavy atom. The number of sulfone groups is 1. The lowest BCUT2D eigenvalue weighted by atomic mass is 10.4. The molecule has 1 N–H and O–H groups in total. The lowest BCUT2D eigenvalue weighted by Crippen LogP contribution is -2.28. The monoisotopic (exact) mass is 281 g/mol. The number of benzene rings is 1. The molecule has 0 aliphatic carbocycles. The molecular formula is C11H17ClFNO2S. The molecule has 0 aliphatic heterocycles. The topological polar surface area (TPSA) is 46.2 Å². The molecule has 0 saturated heterocycles. The van der Waals surface area contributed by atoms with Crippen LogP contribution in [0.5, 0.6) is 0 Å². The fourth-order valence-corrected chi connectivity index (χ4v) is 2.41. The molecule has 0 aliphatic rings. The van der Waals surface area contributed by atoms with E-state index in [4.69, 9.17) is 0 Å². The van der Waals surface area contributed by atoms with Crippen LogP contribution in [0.4, 0.5) is 4.39 Å². The lowest BCUT2D eigenvalue weighted by molar-refractivity contribution is 0.577. The maximum Gasteiger partial charge on any atom is 0.179 e. The minimum Gasteiger partial charge on any atom is -0.314 e. The summed E-state index contributed by atoms with van der Waals surface area (Å²) in [5.74, 6) is -0.407. The number of rotatable bonds is 5. The Kier molecular flexibility index (Phi) is 6.67. The molecule has 0 fully saturated rings. The lowest BCUT2D eigenvalue weighted by Gasteiger charge is -2.08. The zero-order valence-corrected chi connectivity index (χ0v) is 11.4. The quantitative estimate of drug-likeness (QED) is 0.840. The van der Waals surface area contributed by atoms with Gasteiger partial charge < -0.3 is 5.32 Å². The van der Waals surface area contributed by atoms with E-state index in [-0.39, 0.29) is 29.1 Å². The second kappa shape index (κ2) is 6.93. The van der Waals surface area contributed by atoms with E-state index < -0.39 is 15.7 Å². The second-order valence-electron chi connectivity index (χ2n) is 3.88. The van der Waals surface area contributed by atoms with E-state index in [2.05, 4.69) is 5.32 Å². The average Bonchev–Trinajstić information content (AvgIpc) is 2.17. The van der Waals surface area contributed by atoms with Gasteiger partial charge in [-0.1, -0.05) is 13.8 Å². The summed E-state index contributed by atoms with van der Waals surface area (Å²) in [5, 5.41) is 3.03. The van der Waals surface area contributed by atoms with Crippen LogP contribution in [-0.4, -0.2) is 26.8 Å². The van der Waals surface area contributed by atoms with E-state index in [1.165, 1.54) is 12.1 Å². The van der Waals surface area contributed by atoms with Gasteiger partial charge in [0.25, 0.3) is 0 Å². The highest BCUT2D eigenvalue weighted by molar-refractivity contribution is 7.91. The highest BCUT2D eigenvalue weighted by atomic mass is 35.5. The highest BCUT2D eigenvalue weighted by Crippen LogP contribution is 2.11. The maximum absolute atomic E-state index is 12.6. The summed E-state index contributed by atoms with van der Waals surface area (Å²) in [6, 6.07) is 5.15. The van der Waals surface area contributed by atoms with Gasteiger partial charge in [0.15, 0.2) is 9.84 Å². The number of hydrogen-bond donors (Lipinski definition) is 1. The van der Waals surface area contributed by atoms with Crippen molar-refractivity contribution in [2.24, 2.45) is 0 Å². The molecule has 0 amide bonds. The summed E-state index contributed by atoms with van der Waals surface area (Å²) >= 11 is 0. The predicted octanol–water partition coefficient (Wildman–Crippen LogP) is 2.02. The molecule has 0 radical (unpaired) electrons. The van der Waals surface area contributed by atoms with Gasteiger partial charge in [-0.2, -0.15) is 0 Å². The molecule has 6 heteroatoms. The Bertz CT molecular complexity index is 431. The van der Waals surface area contributed by atoms with Crippen molar-refractivity contribution in [1.29, 1.82) is 0 Å². The molecule has 0 heterocycles. The van der Waals surface area contributed by atoms with Crippen LogP contribution in [0.3, 0.4) is 0 Å². The SMILES string of the molecule is CC(C)NCCS(=O)(=O)c1ccc(F)cc1.Cl. The van der Waals surface area contributed by atoms with Crippen molar-refractivity contribution in [3.8, 4) is 0 Å². The van der Waals surface area contributed by atoms with Gasteiger partial charge in [0.05, 0.1) is 10.6 Å². The molecule has 1 rings (SSSR count). The standard InChI is InChI=1S/C11H16FNO2S.ClH/c1-9(2)13-7-8-16(14,15)11-5-3-10(12)4-6-11;/h3-6,9,13H,7-8H2,1-2H3;1H. The van der Waals surface area contributed by atoms with E-state index >= 15 is 0 Å². The molecule has 1 aromatic carbocycles. The zero-order valence-electron chi connectivity index (χ0n) is 9.81. The highest BCUT2D eigenvalue weighted by Gasteiger charge is 2.13. The largest absolute Gasteiger partial charge is 0.314 e. The van der Waals surface area contributed by atoms with Crippen LogP contribution in [0, 0.1) is 5.82 Å². The first-order valence-corrected chi connectivity index (χ1v) is 6.79. The number of nitrogens with one attached hydrogen (secondary N) is 1. The summed E-state index contributed by atoms with van der Waals surface area (Å²) in [5.41, 5.74) is 0. The molecule has 98 valence electrons. The van der Waals surface area contributed by atoms with Crippen LogP contribution in [0.2, 0.25) is 0 Å². The van der Waals surface area contributed by atoms with E-state index in [0.29, 0.717) is 6.54 Å². The molecule has 17 heavy (non-hydrogen) atoms. The third-order valence-electron chi connectivity index (χ3n) is 2.10. The third-order valence-corrected chi connectivity index (χ3v) is 3.83. The second-order valence-corrected chi connectivity index (χ2v) is 5.99. The average molecular weight is 282 g/mol. The summed E-state index contributed by atoms with van der Waals surface area (Å²) in [4.78, 5) is 0.166. The molecule has 3 nitrogen and oxygen atoms in total. The van der Waals surface area contributed by atoms with Crippen molar-refractivity contribution < 1.29 is 12.8 Å². The van der Waals surface area contributed by atoms with Crippen molar-refractivity contribution >= 4 is 22.2 Å². The smallest absolute Gasteiger partial charge is 0.179 e. The zero-order chi connectivity index (χ0) is 12.2. The normalized spacial score (nSPS) is 11.3. The first-order valence-electron chi connectivity index (χ1n) is 5.13. The molecule has 0 saturated carbocycles. The van der Waals surface area contributed by atoms with Crippen molar-refractivity contribution in [2.75, 3.05) is 12.3 Å². The molecule has 0 atom stereocenters. The Hall–Kier alpha value is -0.650. The third kappa shape index (κ3) is 5.48. The molecule has 0 unspecified atom stereocenters. The summed E-state index contributed by atoms with van der Waals surface area (Å²) in [6.07, 6.45) is 0. The first kappa shape index (κ1) is 16.4. The minimum atomic E-state index is -3.30. The van der Waals surface area contributed by atoms with Crippen LogP contribution in [-0.2, 0) is 9.84 Å². The molecule has 0 aromatic heterocycles. The summed E-state index contributed by atoms with van der Waals surface area (Å²) in [7, 11) is -3.30. The van der Waals surface area contributed by atoms with E-state index in [9.17, 15) is 12.8 Å². The first-order chi connectivity index (χ1) is 7.42. The minimum absolute atomic E-state index is 0. The number of halogens is 2. The fourth-order valence-electron chi connectivity index (χ4n) is 1.24. The van der Waals surface area contributed by atoms with E-state index in [1.54, 1.807) is 0 Å². The molecular weight excluding hydrogens is 265 g/mol. The Balaban J connectivity index is 0.00000256. The van der Waals surface area contributed by atoms with Gasteiger partial charge in [0.2, 0.25) is 0 Å². The van der Waals surface area contributed by atoms with Crippen LogP contribution >= 0.6 is 12.4 Å². The molecule has 0 spiro atoms. The Morgan fingerprint density at radius 1 is 1.24 bits per heavy atom. The van der Waals surface area contributed by atoms with Gasteiger partial charge in [0, 0.05) is 12.6 Å². The predicted molar refractivity (Wildman–Crippen MR) is 68.8 cm³/mol. The van der Waals surface area contributed by atoms with Gasteiger partial charge in [-0.15, -0.1) is 12.4 Å². The van der Waals surface area contributed by atoms with Gasteiger partial charge in [-0.3, -0.25) is 0 Å². The van der Waals surface area contributed by atoms with Crippen molar-refractivity contribution in [1.82, 2.24) is 5.32 Å². The fraction of sp³-hybridized carbons (Fsp3) is 0.455. The molecule has 1 aromatic rings. The van der Waals surface area contributed by atoms with Crippen LogP contribution in [0.1, 0.15) is 13.8 Å². The van der Waals surface area contributed by atoms with Gasteiger partial charge in [-0.25, -0.2) is 12.8 Å². The van der Waals surface area contributed by atoms with Crippen molar-refractivity contribution in [3.63, 3.8) is 0 Å². The summed E-state index contributed by atoms with van der Waals surface area (Å²) < 4.78 is 36.2. The summed E-state index contributed by atoms with van der Waals surface area (Å²) in [6.45, 7) is 4.30. The maximum atomic E-state index is 12.6. The van der Waals surface area contributed by atoms with Crippen LogP contribution < -0.4 is 5.32 Å². The van der Waals surface area contributed by atoms with Gasteiger partial charge in [0.1, 0.15) is 5.82 Å². The van der Waals surface area contributed by atoms with Crippen molar-refractivity contribution in [3.05, 3.63) is 30.1 Å². The Labute approximate surface area is 108 Å². The van der Waals surface area contributed by atoms with Crippen molar-refractivity contribution in [2.45, 2.75) is 24.8 Å². The Morgan fingerprint density at radius 2 is 1.76 bits per heavy atom. The van der Waals surface area contributed by atoms with E-state index in [1.807, 2.05) is 13.8 Å². The van der Waals surface area contributed by atoms with Gasteiger partial charge >= 0.3 is 0 Å². The van der Waals surface area contributed by atoms with E-state index in [0.717, 1.165) is 12.1 Å². The van der Waals surface area contributed by atoms with Gasteiger partial charge in [-0.05, 0) is 24.3 Å². The van der Waals surface area contributed by atoms with Crippen LogP contribution in [0.25, 0.3) is 0 Å². The number of hydrogen-bond acceptors (Lipinski definition) is 3. The van der Waals surface area contributed by atoms with Crippen LogP contribution in [0.15, 0.2) is 29.2 Å².